The molecule has 4 rings (SSSR count). The molecule has 0 saturated carbocycles. The molecule has 0 aromatic heterocycles. The summed E-state index contributed by atoms with van der Waals surface area (Å²) in [6.45, 7) is -0.120. The maximum atomic E-state index is 13.9. The zero-order chi connectivity index (χ0) is 21.1. The summed E-state index contributed by atoms with van der Waals surface area (Å²) in [7, 11) is 0. The molecule has 30 heavy (non-hydrogen) atoms. The molecule has 0 unspecified atom stereocenters. The fourth-order valence-corrected chi connectivity index (χ4v) is 3.89. The predicted octanol–water partition coefficient (Wildman–Crippen LogP) is 5.72. The molecule has 0 aliphatic carbocycles. The van der Waals surface area contributed by atoms with Crippen LogP contribution >= 0.6 is 23.4 Å². The molecule has 0 spiro atoms. The Kier molecular flexibility index (Phi) is 5.88. The summed E-state index contributed by atoms with van der Waals surface area (Å²) in [5.74, 6) is -0.938. The van der Waals surface area contributed by atoms with Gasteiger partial charge in [0.1, 0.15) is 11.5 Å². The molecule has 7 heteroatoms. The van der Waals surface area contributed by atoms with Crippen molar-refractivity contribution in [1.82, 2.24) is 10.2 Å². The minimum absolute atomic E-state index is 0.120. The zero-order valence-electron chi connectivity index (χ0n) is 15.6. The molecule has 1 fully saturated rings. The van der Waals surface area contributed by atoms with E-state index in [-0.39, 0.29) is 17.8 Å². The van der Waals surface area contributed by atoms with Crippen LogP contribution in [0.3, 0.4) is 0 Å². The number of nitrogens with one attached hydrogen (secondary N) is 1. The summed E-state index contributed by atoms with van der Waals surface area (Å²) >= 11 is 7.50. The van der Waals surface area contributed by atoms with Gasteiger partial charge in [-0.2, -0.15) is 0 Å². The fraction of sp³-hybridized carbons (Fsp3) is 0.0435. The third kappa shape index (κ3) is 4.56. The molecule has 1 heterocycles. The second-order valence-corrected chi connectivity index (χ2v) is 8.18. The Hall–Kier alpha value is -3.09. The summed E-state index contributed by atoms with van der Waals surface area (Å²) in [4.78, 5) is 27.9. The lowest BCUT2D eigenvalue weighted by atomic mass is 10.2. The van der Waals surface area contributed by atoms with Crippen LogP contribution in [-0.2, 0) is 11.3 Å². The van der Waals surface area contributed by atoms with Crippen LogP contribution in [0, 0.1) is 5.82 Å². The van der Waals surface area contributed by atoms with Gasteiger partial charge in [0.2, 0.25) is 0 Å². The Morgan fingerprint density at radius 1 is 0.933 bits per heavy atom. The Bertz CT molecular complexity index is 1130. The Morgan fingerprint density at radius 3 is 2.23 bits per heavy atom. The molecule has 3 amide bonds. The Morgan fingerprint density at radius 2 is 1.57 bits per heavy atom. The number of halogens is 2. The lowest BCUT2D eigenvalue weighted by Crippen LogP contribution is -2.30. The molecule has 1 aliphatic rings. The van der Waals surface area contributed by atoms with Crippen molar-refractivity contribution in [3.8, 4) is 0 Å². The van der Waals surface area contributed by atoms with Gasteiger partial charge in [-0.25, -0.2) is 9.18 Å². The molecule has 150 valence electrons. The molecule has 4 nitrogen and oxygen atoms in total. The average molecular weight is 439 g/mol. The van der Waals surface area contributed by atoms with E-state index in [9.17, 15) is 14.0 Å². The third-order valence-electron chi connectivity index (χ3n) is 4.49. The van der Waals surface area contributed by atoms with Crippen LogP contribution in [0.25, 0.3) is 6.08 Å². The number of nitrogens with zero attached hydrogens (tertiary/aromatic N) is 1. The Balaban J connectivity index is 1.46. The molecular weight excluding hydrogens is 423 g/mol. The van der Waals surface area contributed by atoms with Crippen LogP contribution in [0.2, 0.25) is 5.02 Å². The highest BCUT2D eigenvalue weighted by atomic mass is 35.5. The fourth-order valence-electron chi connectivity index (χ4n) is 2.95. The van der Waals surface area contributed by atoms with Gasteiger partial charge in [0, 0.05) is 20.4 Å². The first-order chi connectivity index (χ1) is 14.5. The number of amides is 3. The number of imide groups is 1. The minimum Gasteiger partial charge on any atom is -0.303 e. The van der Waals surface area contributed by atoms with E-state index >= 15 is 0 Å². The van der Waals surface area contributed by atoms with Crippen molar-refractivity contribution in [3.05, 3.63) is 100 Å². The molecule has 0 radical (unpaired) electrons. The summed E-state index contributed by atoms with van der Waals surface area (Å²) in [6.07, 6.45) is 1.61. The molecule has 0 atom stereocenters. The topological polar surface area (TPSA) is 49.4 Å². The van der Waals surface area contributed by atoms with Gasteiger partial charge in [-0.15, -0.1) is 0 Å². The van der Waals surface area contributed by atoms with Gasteiger partial charge in [-0.1, -0.05) is 53.7 Å². The summed E-state index contributed by atoms with van der Waals surface area (Å²) in [6, 6.07) is 20.7. The largest absolute Gasteiger partial charge is 0.329 e. The van der Waals surface area contributed by atoms with Gasteiger partial charge in [-0.05, 0) is 54.1 Å². The minimum atomic E-state index is -0.565. The van der Waals surface area contributed by atoms with Crippen molar-refractivity contribution in [2.75, 3.05) is 0 Å². The monoisotopic (exact) mass is 438 g/mol. The molecule has 1 aliphatic heterocycles. The third-order valence-corrected chi connectivity index (χ3v) is 5.76. The first kappa shape index (κ1) is 20.2. The van der Waals surface area contributed by atoms with E-state index in [0.717, 1.165) is 20.3 Å². The van der Waals surface area contributed by atoms with Gasteiger partial charge < -0.3 is 5.32 Å². The van der Waals surface area contributed by atoms with Gasteiger partial charge >= 0.3 is 6.03 Å². The number of rotatable bonds is 5. The molecule has 3 aromatic rings. The average Bonchev–Trinajstić information content (AvgIpc) is 3.00. The van der Waals surface area contributed by atoms with Crippen LogP contribution in [0.5, 0.6) is 0 Å². The number of carbonyl (C=O) groups excluding carboxylic acids is 2. The number of carbonyl (C=O) groups is 2. The zero-order valence-corrected chi connectivity index (χ0v) is 17.2. The lowest BCUT2D eigenvalue weighted by molar-refractivity contribution is -0.123. The highest BCUT2D eigenvalue weighted by Crippen LogP contribution is 2.29. The van der Waals surface area contributed by atoms with E-state index in [0.29, 0.717) is 5.02 Å². The second-order valence-electron chi connectivity index (χ2n) is 6.60. The SMILES string of the molecule is O=C1N/C(=C/c2ccc(Sc3ccc(Cl)cc3)cc2)C(=O)N1Cc1ccccc1F. The lowest BCUT2D eigenvalue weighted by Gasteiger charge is -2.12. The van der Waals surface area contributed by atoms with Gasteiger partial charge in [-0.3, -0.25) is 9.69 Å². The smallest absolute Gasteiger partial charge is 0.303 e. The quantitative estimate of drug-likeness (QED) is 0.409. The molecular formula is C23H16ClFN2O2S. The highest BCUT2D eigenvalue weighted by Gasteiger charge is 2.33. The van der Waals surface area contributed by atoms with E-state index in [4.69, 9.17) is 11.6 Å². The number of hydrogen-bond acceptors (Lipinski definition) is 3. The molecule has 1 saturated heterocycles. The van der Waals surface area contributed by atoms with E-state index in [2.05, 4.69) is 5.32 Å². The van der Waals surface area contributed by atoms with Crippen molar-refractivity contribution in [1.29, 1.82) is 0 Å². The summed E-state index contributed by atoms with van der Waals surface area (Å²) in [5, 5.41) is 3.25. The van der Waals surface area contributed by atoms with E-state index in [1.807, 2.05) is 48.5 Å². The number of urea groups is 1. The van der Waals surface area contributed by atoms with Crippen molar-refractivity contribution in [2.45, 2.75) is 16.3 Å². The van der Waals surface area contributed by atoms with Gasteiger partial charge in [0.15, 0.2) is 0 Å². The first-order valence-electron chi connectivity index (χ1n) is 9.11. The summed E-state index contributed by atoms with van der Waals surface area (Å²) in [5.41, 5.74) is 1.21. The van der Waals surface area contributed by atoms with Crippen LogP contribution in [0.1, 0.15) is 11.1 Å². The first-order valence-corrected chi connectivity index (χ1v) is 10.3. The van der Waals surface area contributed by atoms with Gasteiger partial charge in [0.05, 0.1) is 6.54 Å². The highest BCUT2D eigenvalue weighted by molar-refractivity contribution is 7.99. The summed E-state index contributed by atoms with van der Waals surface area (Å²) < 4.78 is 13.9. The Labute approximate surface area is 182 Å². The van der Waals surface area contributed by atoms with Crippen LogP contribution in [-0.4, -0.2) is 16.8 Å². The van der Waals surface area contributed by atoms with Gasteiger partial charge in [0.25, 0.3) is 5.91 Å². The van der Waals surface area contributed by atoms with Crippen molar-refractivity contribution in [2.24, 2.45) is 0 Å². The van der Waals surface area contributed by atoms with Crippen molar-refractivity contribution >= 4 is 41.4 Å². The van der Waals surface area contributed by atoms with Crippen molar-refractivity contribution < 1.29 is 14.0 Å². The van der Waals surface area contributed by atoms with Crippen LogP contribution in [0.15, 0.2) is 88.3 Å². The molecule has 0 bridgehead atoms. The molecule has 3 aromatic carbocycles. The normalized spacial score (nSPS) is 15.0. The number of benzene rings is 3. The maximum Gasteiger partial charge on any atom is 0.329 e. The van der Waals surface area contributed by atoms with Crippen LogP contribution in [0.4, 0.5) is 9.18 Å². The van der Waals surface area contributed by atoms with Crippen molar-refractivity contribution in [3.63, 3.8) is 0 Å². The van der Waals surface area contributed by atoms with E-state index in [1.54, 1.807) is 36.0 Å². The van der Waals surface area contributed by atoms with Crippen LogP contribution < -0.4 is 5.32 Å². The standard InChI is InChI=1S/C23H16ClFN2O2S/c24-17-7-11-19(12-8-17)30-18-9-5-15(6-10-18)13-21-22(28)27(23(29)26-21)14-16-3-1-2-4-20(16)25/h1-13H,14H2,(H,26,29)/b21-13+. The number of hydrogen-bond donors (Lipinski definition) is 1. The maximum absolute atomic E-state index is 13.9. The van der Waals surface area contributed by atoms with E-state index in [1.165, 1.54) is 6.07 Å². The van der Waals surface area contributed by atoms with E-state index < -0.39 is 17.8 Å². The molecule has 1 N–H and O–H groups in total. The second kappa shape index (κ2) is 8.73. The predicted molar refractivity (Wildman–Crippen MR) is 115 cm³/mol.